The van der Waals surface area contributed by atoms with Gasteiger partial charge in [0.15, 0.2) is 0 Å². The van der Waals surface area contributed by atoms with E-state index in [-0.39, 0.29) is 16.5 Å². The van der Waals surface area contributed by atoms with Crippen molar-refractivity contribution >= 4 is 22.8 Å². The van der Waals surface area contributed by atoms with E-state index in [0.29, 0.717) is 0 Å². The normalized spacial score (nSPS) is 11.9. The van der Waals surface area contributed by atoms with Gasteiger partial charge in [-0.05, 0) is 44.0 Å². The molecule has 3 heteroatoms. The summed E-state index contributed by atoms with van der Waals surface area (Å²) in [5, 5.41) is 0. The maximum Gasteiger partial charge on any atom is 0.0633 e. The monoisotopic (exact) mass is 392 g/mol. The minimum Gasteiger partial charge on any atom is -0.252 e. The zero-order valence-corrected chi connectivity index (χ0v) is 16.9. The molecule has 0 spiro atoms. The van der Waals surface area contributed by atoms with Crippen LogP contribution in [0.2, 0.25) is 0 Å². The fourth-order valence-electron chi connectivity index (χ4n) is 2.81. The van der Waals surface area contributed by atoms with Gasteiger partial charge in [-0.2, -0.15) is 0 Å². The molecule has 0 aliphatic heterocycles. The van der Waals surface area contributed by atoms with Gasteiger partial charge in [0, 0.05) is 16.5 Å². The molecular weight excluding hydrogens is 363 g/mol. The molecule has 0 aromatic heterocycles. The molecule has 0 bridgehead atoms. The van der Waals surface area contributed by atoms with Crippen molar-refractivity contribution in [1.82, 2.24) is 0 Å². The van der Waals surface area contributed by atoms with Gasteiger partial charge in [-0.25, -0.2) is 0 Å². The molecule has 0 radical (unpaired) electrons. The van der Waals surface area contributed by atoms with E-state index in [0.717, 1.165) is 29.2 Å². The number of nitrogens with zero attached hydrogens (tertiary/aromatic N) is 2. The van der Waals surface area contributed by atoms with Crippen molar-refractivity contribution in [2.75, 3.05) is 0 Å². The van der Waals surface area contributed by atoms with Crippen molar-refractivity contribution < 1.29 is 16.5 Å². The van der Waals surface area contributed by atoms with Crippen LogP contribution >= 0.6 is 0 Å². The first-order valence-corrected chi connectivity index (χ1v) is 9.53. The third-order valence-electron chi connectivity index (χ3n) is 4.26. The summed E-state index contributed by atoms with van der Waals surface area (Å²) in [4.78, 5) is 9.64. The summed E-state index contributed by atoms with van der Waals surface area (Å²) in [6.45, 7) is 4.33. The van der Waals surface area contributed by atoms with Crippen molar-refractivity contribution in [3.05, 3.63) is 60.7 Å². The molecule has 0 amide bonds. The summed E-state index contributed by atoms with van der Waals surface area (Å²) in [5.74, 6) is 0. The van der Waals surface area contributed by atoms with Crippen molar-refractivity contribution in [3.63, 3.8) is 0 Å². The van der Waals surface area contributed by atoms with E-state index in [1.54, 1.807) is 0 Å². The summed E-state index contributed by atoms with van der Waals surface area (Å²) >= 11 is 0. The Bertz CT molecular complexity index is 663. The van der Waals surface area contributed by atoms with Crippen LogP contribution in [0.15, 0.2) is 70.6 Å². The molecule has 0 heterocycles. The molecule has 0 fully saturated rings. The first-order valence-electron chi connectivity index (χ1n) is 9.53. The van der Waals surface area contributed by atoms with Gasteiger partial charge in [0.2, 0.25) is 0 Å². The summed E-state index contributed by atoms with van der Waals surface area (Å²) in [6, 6.07) is 20.3. The average Bonchev–Trinajstić information content (AvgIpc) is 2.65. The van der Waals surface area contributed by atoms with Gasteiger partial charge in [0.25, 0.3) is 0 Å². The second kappa shape index (κ2) is 13.5. The molecule has 0 saturated heterocycles. The number of hydrogen-bond acceptors (Lipinski definition) is 2. The molecule has 2 nitrogen and oxygen atoms in total. The van der Waals surface area contributed by atoms with Gasteiger partial charge in [0.05, 0.1) is 22.8 Å². The molecule has 0 aliphatic carbocycles. The Morgan fingerprint density at radius 2 is 1.19 bits per heavy atom. The van der Waals surface area contributed by atoms with Crippen LogP contribution in [0.4, 0.5) is 11.4 Å². The van der Waals surface area contributed by atoms with E-state index in [9.17, 15) is 0 Å². The van der Waals surface area contributed by atoms with Crippen LogP contribution in [0.3, 0.4) is 0 Å². The van der Waals surface area contributed by atoms with Crippen LogP contribution in [0.25, 0.3) is 0 Å². The van der Waals surface area contributed by atoms with E-state index < -0.39 is 0 Å². The summed E-state index contributed by atoms with van der Waals surface area (Å²) in [5.41, 5.74) is 4.11. The van der Waals surface area contributed by atoms with Gasteiger partial charge in [0.1, 0.15) is 0 Å². The number of aliphatic imine (C=N–C) groups is 2. The van der Waals surface area contributed by atoms with E-state index in [2.05, 4.69) is 26.0 Å². The van der Waals surface area contributed by atoms with Crippen LogP contribution in [-0.2, 0) is 16.5 Å². The molecule has 0 atom stereocenters. The quantitative estimate of drug-likeness (QED) is 0.230. The number of unbranched alkanes of at least 4 members (excludes halogenated alkanes) is 5. The number of hydrogen-bond donors (Lipinski definition) is 0. The molecule has 142 valence electrons. The maximum atomic E-state index is 4.87. The predicted octanol–water partition coefficient (Wildman–Crippen LogP) is 7.30. The third kappa shape index (κ3) is 8.58. The van der Waals surface area contributed by atoms with Gasteiger partial charge in [-0.1, -0.05) is 75.4 Å². The smallest absolute Gasteiger partial charge is 0.0633 e. The van der Waals surface area contributed by atoms with Crippen LogP contribution in [-0.4, -0.2) is 11.4 Å². The van der Waals surface area contributed by atoms with Crippen molar-refractivity contribution in [3.8, 4) is 0 Å². The molecule has 2 aromatic rings. The zero-order valence-electron chi connectivity index (χ0n) is 15.9. The van der Waals surface area contributed by atoms with Gasteiger partial charge in [-0.15, -0.1) is 0 Å². The molecular formula is C23H30N2Ni. The van der Waals surface area contributed by atoms with Crippen molar-refractivity contribution in [2.24, 2.45) is 9.98 Å². The first kappa shape index (κ1) is 22.3. The molecule has 2 aromatic carbocycles. The summed E-state index contributed by atoms with van der Waals surface area (Å²) in [6.07, 6.45) is 8.75. The molecule has 0 unspecified atom stereocenters. The van der Waals surface area contributed by atoms with E-state index in [4.69, 9.17) is 9.98 Å². The van der Waals surface area contributed by atoms with Crippen LogP contribution in [0.5, 0.6) is 0 Å². The summed E-state index contributed by atoms with van der Waals surface area (Å²) < 4.78 is 0. The Morgan fingerprint density at radius 3 is 1.77 bits per heavy atom. The van der Waals surface area contributed by atoms with Crippen LogP contribution in [0, 0.1) is 0 Å². The molecule has 2 rings (SSSR count). The molecule has 0 saturated carbocycles. The SMILES string of the molecule is CCCCCCCCC(=Nc1ccccc1)C(C)=Nc1ccccc1.[Ni]. The topological polar surface area (TPSA) is 24.7 Å². The molecule has 0 N–H and O–H groups in total. The van der Waals surface area contributed by atoms with Crippen LogP contribution < -0.4 is 0 Å². The Kier molecular flexibility index (Phi) is 11.6. The second-order valence-corrected chi connectivity index (χ2v) is 6.44. The number of para-hydroxylation sites is 2. The third-order valence-corrected chi connectivity index (χ3v) is 4.26. The maximum absolute atomic E-state index is 4.87. The standard InChI is InChI=1S/C23H30N2.Ni/c1-3-4-5-6-7-14-19-23(25-22-17-12-9-13-18-22)20(2)24-21-15-10-8-11-16-21;/h8-13,15-18H,3-7,14,19H2,1-2H3;. The number of benzene rings is 2. The summed E-state index contributed by atoms with van der Waals surface area (Å²) in [7, 11) is 0. The van der Waals surface area contributed by atoms with Crippen molar-refractivity contribution in [2.45, 2.75) is 58.8 Å². The Labute approximate surface area is 168 Å². The van der Waals surface area contributed by atoms with Gasteiger partial charge in [-0.3, -0.25) is 9.98 Å². The van der Waals surface area contributed by atoms with Gasteiger partial charge < -0.3 is 0 Å². The fraction of sp³-hybridized carbons (Fsp3) is 0.391. The van der Waals surface area contributed by atoms with E-state index in [1.807, 2.05) is 48.5 Å². The van der Waals surface area contributed by atoms with E-state index in [1.165, 1.54) is 38.5 Å². The zero-order chi connectivity index (χ0) is 17.7. The minimum absolute atomic E-state index is 0. The minimum atomic E-state index is 0. The second-order valence-electron chi connectivity index (χ2n) is 6.44. The average molecular weight is 393 g/mol. The van der Waals surface area contributed by atoms with Crippen molar-refractivity contribution in [1.29, 1.82) is 0 Å². The predicted molar refractivity (Wildman–Crippen MR) is 111 cm³/mol. The Hall–Kier alpha value is -1.73. The first-order chi connectivity index (χ1) is 12.3. The Morgan fingerprint density at radius 1 is 0.692 bits per heavy atom. The van der Waals surface area contributed by atoms with Crippen LogP contribution in [0.1, 0.15) is 58.8 Å². The fourth-order valence-corrected chi connectivity index (χ4v) is 2.81. The molecule has 0 aliphatic rings. The van der Waals surface area contributed by atoms with Gasteiger partial charge >= 0.3 is 0 Å². The largest absolute Gasteiger partial charge is 0.252 e. The van der Waals surface area contributed by atoms with E-state index >= 15 is 0 Å². The molecule has 26 heavy (non-hydrogen) atoms. The Balaban J connectivity index is 0.00000338. The number of rotatable bonds is 10.